The van der Waals surface area contributed by atoms with Crippen LogP contribution in [0.5, 0.6) is 0 Å². The molecule has 1 aromatic carbocycles. The van der Waals surface area contributed by atoms with Crippen LogP contribution in [-0.2, 0) is 4.79 Å². The molecule has 0 fully saturated rings. The molecule has 0 saturated carbocycles. The molecule has 7 heteroatoms. The van der Waals surface area contributed by atoms with Gasteiger partial charge in [0.15, 0.2) is 6.54 Å². The Morgan fingerprint density at radius 2 is 2.00 bits per heavy atom. The predicted octanol–water partition coefficient (Wildman–Crippen LogP) is 2.81. The lowest BCUT2D eigenvalue weighted by Crippen LogP contribution is -2.87. The van der Waals surface area contributed by atoms with Crippen LogP contribution in [0.25, 0.3) is 0 Å². The summed E-state index contributed by atoms with van der Waals surface area (Å²) >= 11 is 11.7. The first-order chi connectivity index (χ1) is 10.6. The van der Waals surface area contributed by atoms with Crippen molar-refractivity contribution in [2.24, 2.45) is 5.92 Å². The van der Waals surface area contributed by atoms with E-state index in [2.05, 4.69) is 11.4 Å². The van der Waals surface area contributed by atoms with Crippen LogP contribution in [0.4, 0.5) is 4.39 Å². The Hall–Kier alpha value is -1.35. The third-order valence-corrected chi connectivity index (χ3v) is 4.59. The third kappa shape index (κ3) is 5.07. The first kappa shape index (κ1) is 19.7. The van der Waals surface area contributed by atoms with Crippen molar-refractivity contribution in [3.05, 3.63) is 33.6 Å². The van der Waals surface area contributed by atoms with Gasteiger partial charge in [0.05, 0.1) is 16.1 Å². The van der Waals surface area contributed by atoms with Crippen LogP contribution in [0.2, 0.25) is 10.0 Å². The normalized spacial score (nSPS) is 14.9. The fourth-order valence-corrected chi connectivity index (χ4v) is 2.49. The van der Waals surface area contributed by atoms with Crippen molar-refractivity contribution in [1.29, 1.82) is 5.26 Å². The minimum absolute atomic E-state index is 0.0197. The number of benzene rings is 1. The first-order valence-electron chi connectivity index (χ1n) is 7.30. The van der Waals surface area contributed by atoms with Gasteiger partial charge in [0.2, 0.25) is 0 Å². The van der Waals surface area contributed by atoms with Gasteiger partial charge in [-0.15, -0.1) is 0 Å². The van der Waals surface area contributed by atoms with E-state index in [9.17, 15) is 14.4 Å². The number of nitrogens with two attached hydrogens (primary N) is 1. The Morgan fingerprint density at radius 1 is 1.39 bits per heavy atom. The average molecular weight is 361 g/mol. The number of nitrogens with zero attached hydrogens (tertiary/aromatic N) is 1. The molecule has 1 amide bonds. The molecule has 0 aromatic heterocycles. The molecule has 0 spiro atoms. The van der Waals surface area contributed by atoms with Crippen LogP contribution in [-0.4, -0.2) is 18.0 Å². The minimum Gasteiger partial charge on any atom is -0.333 e. The van der Waals surface area contributed by atoms with Crippen LogP contribution >= 0.6 is 23.2 Å². The van der Waals surface area contributed by atoms with Gasteiger partial charge in [-0.3, -0.25) is 4.79 Å². The number of amides is 1. The van der Waals surface area contributed by atoms with Gasteiger partial charge >= 0.3 is 0 Å². The van der Waals surface area contributed by atoms with E-state index in [0.717, 1.165) is 0 Å². The van der Waals surface area contributed by atoms with Crippen LogP contribution in [0.3, 0.4) is 0 Å². The van der Waals surface area contributed by atoms with Crippen molar-refractivity contribution in [1.82, 2.24) is 5.32 Å². The summed E-state index contributed by atoms with van der Waals surface area (Å²) in [4.78, 5) is 12.0. The summed E-state index contributed by atoms with van der Waals surface area (Å²) in [5, 5.41) is 14.0. The number of nitrogens with one attached hydrogen (secondary N) is 1. The second-order valence-electron chi connectivity index (χ2n) is 6.03. The fourth-order valence-electron chi connectivity index (χ4n) is 1.94. The molecule has 3 N–H and O–H groups in total. The Bertz CT molecular complexity index is 630. The molecule has 0 saturated heterocycles. The van der Waals surface area contributed by atoms with E-state index < -0.39 is 11.4 Å². The first-order valence-corrected chi connectivity index (χ1v) is 8.06. The van der Waals surface area contributed by atoms with E-state index in [0.29, 0.717) is 10.6 Å². The molecule has 0 aliphatic carbocycles. The van der Waals surface area contributed by atoms with E-state index in [-0.39, 0.29) is 29.4 Å². The van der Waals surface area contributed by atoms with E-state index in [1.807, 2.05) is 20.8 Å². The maximum Gasteiger partial charge on any atom is 0.276 e. The molecule has 126 valence electrons. The van der Waals surface area contributed by atoms with Crippen molar-refractivity contribution >= 4 is 29.1 Å². The second kappa shape index (κ2) is 7.96. The van der Waals surface area contributed by atoms with E-state index in [1.165, 1.54) is 12.1 Å². The van der Waals surface area contributed by atoms with Gasteiger partial charge in [0, 0.05) is 5.56 Å². The number of rotatable bonds is 6. The summed E-state index contributed by atoms with van der Waals surface area (Å²) < 4.78 is 13.6. The fraction of sp³-hybridized carbons (Fsp3) is 0.500. The number of carbonyl (C=O) groups excluding carboxylic acids is 1. The average Bonchev–Trinajstić information content (AvgIpc) is 2.48. The smallest absolute Gasteiger partial charge is 0.276 e. The molecule has 1 rings (SSSR count). The zero-order valence-electron chi connectivity index (χ0n) is 13.6. The Labute approximate surface area is 146 Å². The van der Waals surface area contributed by atoms with Gasteiger partial charge in [-0.1, -0.05) is 37.0 Å². The highest BCUT2D eigenvalue weighted by atomic mass is 35.5. The number of nitriles is 1. The summed E-state index contributed by atoms with van der Waals surface area (Å²) in [5.41, 5.74) is -0.355. The SMILES string of the molecule is CC(C)[C@](C)(C#N)NC(=O)C[NH2+][C@H](C)c1cc(F)c(Cl)cc1Cl. The topological polar surface area (TPSA) is 69.5 Å². The number of halogens is 3. The maximum absolute atomic E-state index is 13.6. The summed E-state index contributed by atoms with van der Waals surface area (Å²) in [6.07, 6.45) is 0. The van der Waals surface area contributed by atoms with Gasteiger partial charge in [0.25, 0.3) is 5.91 Å². The zero-order chi connectivity index (χ0) is 17.8. The molecular formula is C16H21Cl2FN3O+. The molecule has 0 aliphatic rings. The monoisotopic (exact) mass is 360 g/mol. The van der Waals surface area contributed by atoms with Crippen LogP contribution in [0.1, 0.15) is 39.3 Å². The van der Waals surface area contributed by atoms with Crippen LogP contribution in [0.15, 0.2) is 12.1 Å². The van der Waals surface area contributed by atoms with Crippen molar-refractivity contribution in [3.8, 4) is 6.07 Å². The molecule has 0 radical (unpaired) electrons. The Balaban J connectivity index is 2.70. The molecule has 4 nitrogen and oxygen atoms in total. The van der Waals surface area contributed by atoms with E-state index in [1.54, 1.807) is 12.2 Å². The van der Waals surface area contributed by atoms with Gasteiger partial charge < -0.3 is 10.6 Å². The molecule has 23 heavy (non-hydrogen) atoms. The van der Waals surface area contributed by atoms with Crippen molar-refractivity contribution in [2.75, 3.05) is 6.54 Å². The van der Waals surface area contributed by atoms with Gasteiger partial charge in [0.1, 0.15) is 17.4 Å². The highest BCUT2D eigenvalue weighted by molar-refractivity contribution is 6.35. The summed E-state index contributed by atoms with van der Waals surface area (Å²) in [6, 6.07) is 4.52. The third-order valence-electron chi connectivity index (χ3n) is 3.97. The van der Waals surface area contributed by atoms with E-state index >= 15 is 0 Å². The standard InChI is InChI=1S/C16H20Cl2FN3O/c1-9(2)16(4,8-20)22-15(23)7-21-10(3)11-5-14(19)13(18)6-12(11)17/h5-6,9-10,21H,7H2,1-4H3,(H,22,23)/p+1/t10-,16+/m1/s1. The zero-order valence-corrected chi connectivity index (χ0v) is 15.1. The van der Waals surface area contributed by atoms with Crippen LogP contribution < -0.4 is 10.6 Å². The number of carbonyl (C=O) groups is 1. The summed E-state index contributed by atoms with van der Waals surface area (Å²) in [5.74, 6) is -0.832. The Morgan fingerprint density at radius 3 is 2.52 bits per heavy atom. The highest BCUT2D eigenvalue weighted by Gasteiger charge is 2.30. The second-order valence-corrected chi connectivity index (χ2v) is 6.85. The number of quaternary nitrogens is 1. The predicted molar refractivity (Wildman–Crippen MR) is 88.6 cm³/mol. The van der Waals surface area contributed by atoms with Crippen molar-refractivity contribution in [3.63, 3.8) is 0 Å². The van der Waals surface area contributed by atoms with Crippen LogP contribution in [0, 0.1) is 23.1 Å². The quantitative estimate of drug-likeness (QED) is 0.765. The van der Waals surface area contributed by atoms with Gasteiger partial charge in [-0.25, -0.2) is 4.39 Å². The number of hydrogen-bond donors (Lipinski definition) is 2. The maximum atomic E-state index is 13.6. The lowest BCUT2D eigenvalue weighted by atomic mass is 9.90. The summed E-state index contributed by atoms with van der Waals surface area (Å²) in [7, 11) is 0. The largest absolute Gasteiger partial charge is 0.333 e. The number of hydrogen-bond acceptors (Lipinski definition) is 2. The lowest BCUT2D eigenvalue weighted by molar-refractivity contribution is -0.682. The molecule has 1 aromatic rings. The molecule has 2 atom stereocenters. The Kier molecular flexibility index (Phi) is 6.82. The van der Waals surface area contributed by atoms with Crippen molar-refractivity contribution in [2.45, 2.75) is 39.3 Å². The van der Waals surface area contributed by atoms with Gasteiger partial charge in [-0.2, -0.15) is 5.26 Å². The molecule has 0 unspecified atom stereocenters. The molecule has 0 aliphatic heterocycles. The minimum atomic E-state index is -0.918. The van der Waals surface area contributed by atoms with Crippen molar-refractivity contribution < 1.29 is 14.5 Å². The highest BCUT2D eigenvalue weighted by Crippen LogP contribution is 2.27. The lowest BCUT2D eigenvalue weighted by Gasteiger charge is -2.27. The molecule has 0 bridgehead atoms. The van der Waals surface area contributed by atoms with Gasteiger partial charge in [-0.05, 0) is 31.9 Å². The molecule has 0 heterocycles. The molecular weight excluding hydrogens is 340 g/mol. The van der Waals surface area contributed by atoms with E-state index in [4.69, 9.17) is 23.2 Å². The summed E-state index contributed by atoms with van der Waals surface area (Å²) in [6.45, 7) is 7.34.